The maximum atomic E-state index is 6.15. The number of rotatable bonds is 10. The summed E-state index contributed by atoms with van der Waals surface area (Å²) in [5, 5.41) is 4.73. The van der Waals surface area contributed by atoms with Crippen molar-refractivity contribution in [3.8, 4) is 11.5 Å². The Balaban J connectivity index is 1.55. The van der Waals surface area contributed by atoms with Crippen LogP contribution in [-0.4, -0.2) is 62.5 Å². The van der Waals surface area contributed by atoms with Gasteiger partial charge in [0, 0.05) is 31.7 Å². The number of likely N-dealkylation sites (tertiary alicyclic amines) is 1. The molecule has 1 N–H and O–H groups in total. The second-order valence-corrected chi connectivity index (χ2v) is 9.36. The summed E-state index contributed by atoms with van der Waals surface area (Å²) >= 11 is 0. The van der Waals surface area contributed by atoms with E-state index in [1.54, 1.807) is 14.2 Å². The molecule has 0 radical (unpaired) electrons. The zero-order chi connectivity index (χ0) is 21.8. The Morgan fingerprint density at radius 3 is 2.55 bits per heavy atom. The molecule has 0 unspecified atom stereocenters. The Hall–Kier alpha value is -2.05. The molecule has 1 aromatic heterocycles. The zero-order valence-electron chi connectivity index (χ0n) is 19.6. The lowest BCUT2D eigenvalue weighted by Gasteiger charge is -2.24. The fourth-order valence-corrected chi connectivity index (χ4v) is 4.64. The van der Waals surface area contributed by atoms with Crippen LogP contribution >= 0.6 is 0 Å². The summed E-state index contributed by atoms with van der Waals surface area (Å²) in [4.78, 5) is 7.52. The van der Waals surface area contributed by atoms with Crippen molar-refractivity contribution in [1.29, 1.82) is 0 Å². The second kappa shape index (κ2) is 9.61. The Kier molecular flexibility index (Phi) is 6.87. The van der Waals surface area contributed by atoms with Gasteiger partial charge in [0.2, 0.25) is 0 Å². The minimum Gasteiger partial charge on any atom is -0.493 e. The van der Waals surface area contributed by atoms with E-state index in [1.807, 2.05) is 0 Å². The average molecular weight is 428 g/mol. The topological polar surface area (TPSA) is 55.9 Å². The van der Waals surface area contributed by atoms with Gasteiger partial charge in [0.25, 0.3) is 0 Å². The van der Waals surface area contributed by atoms with E-state index in [2.05, 4.69) is 36.2 Å². The van der Waals surface area contributed by atoms with Crippen molar-refractivity contribution < 1.29 is 14.2 Å². The van der Waals surface area contributed by atoms with Gasteiger partial charge in [-0.05, 0) is 82.7 Å². The van der Waals surface area contributed by atoms with Crippen LogP contribution in [0.25, 0.3) is 10.9 Å². The predicted molar refractivity (Wildman–Crippen MR) is 126 cm³/mol. The normalized spacial score (nSPS) is 16.6. The Bertz CT molecular complexity index is 907. The molecular weight excluding hydrogens is 390 g/mol. The van der Waals surface area contributed by atoms with E-state index >= 15 is 0 Å². The fraction of sp³-hybridized carbons (Fsp3) is 0.640. The Labute approximate surface area is 186 Å². The molecule has 1 aromatic carbocycles. The van der Waals surface area contributed by atoms with Crippen molar-refractivity contribution in [1.82, 2.24) is 9.88 Å². The van der Waals surface area contributed by atoms with Crippen molar-refractivity contribution >= 4 is 16.7 Å². The number of benzene rings is 1. The number of anilines is 1. The van der Waals surface area contributed by atoms with Gasteiger partial charge in [-0.15, -0.1) is 0 Å². The highest BCUT2D eigenvalue weighted by atomic mass is 16.5. The van der Waals surface area contributed by atoms with Crippen molar-refractivity contribution in [2.75, 3.05) is 52.3 Å². The standard InChI is InChI=1S/C25H37N3O3/c1-25(2,30-4)17-26-24-19-10-7-9-18(19)20-15-22(29-3)23(16-21(20)27-24)31-14-8-13-28-11-5-6-12-28/h15-16H,5-14,17H2,1-4H3,(H,26,27). The van der Waals surface area contributed by atoms with Gasteiger partial charge in [0.1, 0.15) is 5.82 Å². The molecule has 4 rings (SSSR count). The third-order valence-electron chi connectivity index (χ3n) is 6.65. The number of fused-ring (bicyclic) bond motifs is 3. The average Bonchev–Trinajstić information content (AvgIpc) is 3.47. The summed E-state index contributed by atoms with van der Waals surface area (Å²) in [6, 6.07) is 4.17. The number of aryl methyl sites for hydroxylation is 1. The molecule has 0 spiro atoms. The smallest absolute Gasteiger partial charge is 0.163 e. The van der Waals surface area contributed by atoms with Gasteiger partial charge in [-0.1, -0.05) is 0 Å². The van der Waals surface area contributed by atoms with Gasteiger partial charge in [-0.3, -0.25) is 0 Å². The SMILES string of the molecule is COc1cc2c3c(c(NCC(C)(C)OC)nc2cc1OCCCN1CCCC1)CCC3. The lowest BCUT2D eigenvalue weighted by Crippen LogP contribution is -2.32. The van der Waals surface area contributed by atoms with Crippen molar-refractivity contribution in [3.05, 3.63) is 23.3 Å². The molecule has 0 bridgehead atoms. The third-order valence-corrected chi connectivity index (χ3v) is 6.65. The van der Waals surface area contributed by atoms with Gasteiger partial charge in [0.05, 0.1) is 24.8 Å². The molecule has 1 saturated heterocycles. The number of aromatic nitrogens is 1. The molecule has 2 aromatic rings. The molecule has 0 saturated carbocycles. The molecule has 0 atom stereocenters. The molecule has 1 fully saturated rings. The van der Waals surface area contributed by atoms with Gasteiger partial charge in [0.15, 0.2) is 11.5 Å². The highest BCUT2D eigenvalue weighted by molar-refractivity contribution is 5.89. The van der Waals surface area contributed by atoms with Crippen LogP contribution in [-0.2, 0) is 17.6 Å². The number of pyridine rings is 1. The number of nitrogens with zero attached hydrogens (tertiary/aromatic N) is 2. The Morgan fingerprint density at radius 1 is 1.03 bits per heavy atom. The monoisotopic (exact) mass is 427 g/mol. The van der Waals surface area contributed by atoms with Crippen molar-refractivity contribution in [2.45, 2.75) is 58.0 Å². The summed E-state index contributed by atoms with van der Waals surface area (Å²) in [6.45, 7) is 9.13. The van der Waals surface area contributed by atoms with Crippen LogP contribution in [0.3, 0.4) is 0 Å². The molecule has 2 heterocycles. The van der Waals surface area contributed by atoms with E-state index < -0.39 is 0 Å². The van der Waals surface area contributed by atoms with E-state index in [4.69, 9.17) is 19.2 Å². The van der Waals surface area contributed by atoms with Crippen LogP contribution in [0.2, 0.25) is 0 Å². The minimum atomic E-state index is -0.244. The number of nitrogens with one attached hydrogen (secondary N) is 1. The van der Waals surface area contributed by atoms with Gasteiger partial charge in [-0.2, -0.15) is 0 Å². The molecule has 31 heavy (non-hydrogen) atoms. The largest absolute Gasteiger partial charge is 0.493 e. The van der Waals surface area contributed by atoms with E-state index in [0.717, 1.165) is 55.1 Å². The van der Waals surface area contributed by atoms with Crippen LogP contribution in [0, 0.1) is 0 Å². The van der Waals surface area contributed by atoms with E-state index in [0.29, 0.717) is 13.2 Å². The summed E-state index contributed by atoms with van der Waals surface area (Å²) in [5.41, 5.74) is 3.45. The quantitative estimate of drug-likeness (QED) is 0.566. The highest BCUT2D eigenvalue weighted by Crippen LogP contribution is 2.39. The zero-order valence-corrected chi connectivity index (χ0v) is 19.6. The summed E-state index contributed by atoms with van der Waals surface area (Å²) in [7, 11) is 3.47. The van der Waals surface area contributed by atoms with Crippen molar-refractivity contribution in [2.24, 2.45) is 0 Å². The first-order valence-corrected chi connectivity index (χ1v) is 11.7. The summed E-state index contributed by atoms with van der Waals surface area (Å²) in [6.07, 6.45) is 6.98. The van der Waals surface area contributed by atoms with E-state index in [1.165, 1.54) is 42.4 Å². The molecular formula is C25H37N3O3. The number of methoxy groups -OCH3 is 2. The molecule has 2 aliphatic rings. The van der Waals surface area contributed by atoms with Crippen LogP contribution in [0.4, 0.5) is 5.82 Å². The van der Waals surface area contributed by atoms with Crippen molar-refractivity contribution in [3.63, 3.8) is 0 Å². The minimum absolute atomic E-state index is 0.244. The van der Waals surface area contributed by atoms with Crippen LogP contribution < -0.4 is 14.8 Å². The summed E-state index contributed by atoms with van der Waals surface area (Å²) < 4.78 is 17.4. The summed E-state index contributed by atoms with van der Waals surface area (Å²) in [5.74, 6) is 2.56. The fourth-order valence-electron chi connectivity index (χ4n) is 4.64. The first kappa shape index (κ1) is 22.2. The molecule has 1 aliphatic heterocycles. The van der Waals surface area contributed by atoms with Crippen LogP contribution in [0.5, 0.6) is 11.5 Å². The number of ether oxygens (including phenoxy) is 3. The Morgan fingerprint density at radius 2 is 1.81 bits per heavy atom. The molecule has 170 valence electrons. The lowest BCUT2D eigenvalue weighted by atomic mass is 10.0. The maximum absolute atomic E-state index is 6.15. The second-order valence-electron chi connectivity index (χ2n) is 9.36. The predicted octanol–water partition coefficient (Wildman–Crippen LogP) is 4.43. The van der Waals surface area contributed by atoms with Crippen LogP contribution in [0.1, 0.15) is 50.7 Å². The lowest BCUT2D eigenvalue weighted by molar-refractivity contribution is 0.0343. The van der Waals surface area contributed by atoms with Crippen LogP contribution in [0.15, 0.2) is 12.1 Å². The highest BCUT2D eigenvalue weighted by Gasteiger charge is 2.23. The van der Waals surface area contributed by atoms with E-state index in [-0.39, 0.29) is 5.60 Å². The molecule has 1 aliphatic carbocycles. The van der Waals surface area contributed by atoms with Gasteiger partial charge in [-0.25, -0.2) is 4.98 Å². The number of hydrogen-bond donors (Lipinski definition) is 1. The van der Waals surface area contributed by atoms with Gasteiger partial charge < -0.3 is 24.4 Å². The van der Waals surface area contributed by atoms with Gasteiger partial charge >= 0.3 is 0 Å². The molecule has 0 amide bonds. The third kappa shape index (κ3) is 5.07. The molecule has 6 nitrogen and oxygen atoms in total. The molecule has 6 heteroatoms. The first-order valence-electron chi connectivity index (χ1n) is 11.7. The number of hydrogen-bond acceptors (Lipinski definition) is 6. The maximum Gasteiger partial charge on any atom is 0.163 e. The van der Waals surface area contributed by atoms with E-state index in [9.17, 15) is 0 Å². The first-order chi connectivity index (χ1) is 15.0.